The number of hydrogen-bond acceptors (Lipinski definition) is 5. The lowest BCUT2D eigenvalue weighted by Crippen LogP contribution is -2.33. The molecule has 2 aromatic carbocycles. The van der Waals surface area contributed by atoms with Gasteiger partial charge in [-0.25, -0.2) is 9.59 Å². The van der Waals surface area contributed by atoms with Gasteiger partial charge in [-0.15, -0.1) is 0 Å². The van der Waals surface area contributed by atoms with E-state index in [2.05, 4.69) is 6.07 Å². The van der Waals surface area contributed by atoms with Crippen molar-refractivity contribution in [3.05, 3.63) is 60.3 Å². The van der Waals surface area contributed by atoms with Crippen molar-refractivity contribution < 1.29 is 19.1 Å². The highest BCUT2D eigenvalue weighted by atomic mass is 32.2. The zero-order valence-corrected chi connectivity index (χ0v) is 21.2. The fraction of sp³-hybridized carbons (Fsp3) is 0.385. The Kier molecular flexibility index (Phi) is 7.12. The van der Waals surface area contributed by atoms with E-state index in [1.54, 1.807) is 29.9 Å². The van der Waals surface area contributed by atoms with Crippen molar-refractivity contribution in [3.63, 3.8) is 0 Å². The second kappa shape index (κ2) is 9.51. The van der Waals surface area contributed by atoms with Gasteiger partial charge in [0.25, 0.3) is 0 Å². The topological polar surface area (TPSA) is 60.8 Å². The molecule has 0 saturated carbocycles. The van der Waals surface area contributed by atoms with Crippen LogP contribution < -0.4 is 0 Å². The minimum absolute atomic E-state index is 0.354. The number of amides is 1. The number of hydrogen-bond donors (Lipinski definition) is 0. The largest absolute Gasteiger partial charge is 0.444 e. The number of nitrogens with zero attached hydrogens (tertiary/aromatic N) is 2. The summed E-state index contributed by atoms with van der Waals surface area (Å²) in [5.41, 5.74) is 0.735. The molecule has 0 saturated heterocycles. The summed E-state index contributed by atoms with van der Waals surface area (Å²) in [7, 11) is 1.74. The van der Waals surface area contributed by atoms with Gasteiger partial charge < -0.3 is 14.4 Å². The van der Waals surface area contributed by atoms with Crippen LogP contribution in [0.1, 0.15) is 47.1 Å². The maximum absolute atomic E-state index is 12.5. The minimum atomic E-state index is -0.556. The molecule has 0 aliphatic heterocycles. The number of carbonyl (C=O) groups is 2. The monoisotopic (exact) mass is 468 g/mol. The first-order valence-electron chi connectivity index (χ1n) is 10.9. The van der Waals surface area contributed by atoms with E-state index in [1.165, 1.54) is 4.57 Å². The van der Waals surface area contributed by atoms with Crippen LogP contribution >= 0.6 is 11.8 Å². The second-order valence-electron chi connectivity index (χ2n) is 9.93. The van der Waals surface area contributed by atoms with E-state index < -0.39 is 17.3 Å². The number of carbonyl (C=O) groups excluding carboxylic acids is 2. The van der Waals surface area contributed by atoms with Crippen LogP contribution in [0.5, 0.6) is 0 Å². The summed E-state index contributed by atoms with van der Waals surface area (Å²) in [5.74, 6) is 0. The molecule has 0 fully saturated rings. The predicted molar refractivity (Wildman–Crippen MR) is 132 cm³/mol. The van der Waals surface area contributed by atoms with Crippen LogP contribution in [0, 0.1) is 0 Å². The second-order valence-corrected chi connectivity index (χ2v) is 11.0. The van der Waals surface area contributed by atoms with Gasteiger partial charge in [0, 0.05) is 35.0 Å². The lowest BCUT2D eigenvalue weighted by Gasteiger charge is -2.25. The Morgan fingerprint density at radius 1 is 0.939 bits per heavy atom. The van der Waals surface area contributed by atoms with Crippen molar-refractivity contribution in [2.75, 3.05) is 7.05 Å². The first-order chi connectivity index (χ1) is 15.3. The first kappa shape index (κ1) is 24.7. The minimum Gasteiger partial charge on any atom is -0.444 e. The van der Waals surface area contributed by atoms with E-state index in [0.29, 0.717) is 6.54 Å². The van der Waals surface area contributed by atoms with Crippen LogP contribution in [-0.2, 0) is 16.0 Å². The van der Waals surface area contributed by atoms with E-state index >= 15 is 0 Å². The molecule has 1 amide bonds. The molecule has 3 rings (SSSR count). The van der Waals surface area contributed by atoms with Crippen molar-refractivity contribution in [2.24, 2.45) is 0 Å². The van der Waals surface area contributed by atoms with Crippen LogP contribution in [0.3, 0.4) is 0 Å². The predicted octanol–water partition coefficient (Wildman–Crippen LogP) is 6.94. The summed E-state index contributed by atoms with van der Waals surface area (Å²) in [6.07, 6.45) is 0.984. The third-order valence-corrected chi connectivity index (χ3v) is 5.67. The van der Waals surface area contributed by atoms with E-state index in [-0.39, 0.29) is 6.09 Å². The molecule has 6 nitrogen and oxygen atoms in total. The van der Waals surface area contributed by atoms with Gasteiger partial charge in [-0.1, -0.05) is 30.0 Å². The molecular formula is C26H32N2O4S. The lowest BCUT2D eigenvalue weighted by molar-refractivity contribution is 0.0283. The van der Waals surface area contributed by atoms with Crippen LogP contribution in [0.15, 0.2) is 64.5 Å². The van der Waals surface area contributed by atoms with Gasteiger partial charge in [0.15, 0.2) is 0 Å². The summed E-state index contributed by atoms with van der Waals surface area (Å²) >= 11 is 1.62. The van der Waals surface area contributed by atoms with Crippen molar-refractivity contribution >= 4 is 34.9 Å². The average molecular weight is 469 g/mol. The van der Waals surface area contributed by atoms with E-state index in [0.717, 1.165) is 26.3 Å². The average Bonchev–Trinajstić information content (AvgIpc) is 3.10. The molecule has 0 atom stereocenters. The first-order valence-corrected chi connectivity index (χ1v) is 11.7. The quantitative estimate of drug-likeness (QED) is 0.415. The number of benzene rings is 2. The van der Waals surface area contributed by atoms with Gasteiger partial charge >= 0.3 is 12.2 Å². The van der Waals surface area contributed by atoms with Crippen molar-refractivity contribution in [1.29, 1.82) is 0 Å². The Hall–Kier alpha value is -2.93. The number of ether oxygens (including phenoxy) is 2. The van der Waals surface area contributed by atoms with Crippen LogP contribution in [0.25, 0.3) is 10.9 Å². The van der Waals surface area contributed by atoms with Crippen molar-refractivity contribution in [1.82, 2.24) is 9.47 Å². The summed E-state index contributed by atoms with van der Waals surface area (Å²) in [4.78, 5) is 28.5. The summed E-state index contributed by atoms with van der Waals surface area (Å²) < 4.78 is 12.5. The number of aromatic nitrogens is 1. The van der Waals surface area contributed by atoms with Gasteiger partial charge in [-0.3, -0.25) is 4.57 Å². The molecule has 7 heteroatoms. The fourth-order valence-electron chi connectivity index (χ4n) is 3.18. The third kappa shape index (κ3) is 6.78. The fourth-order valence-corrected chi connectivity index (χ4v) is 4.16. The Bertz CT molecular complexity index is 1160. The highest BCUT2D eigenvalue weighted by Crippen LogP contribution is 2.33. The highest BCUT2D eigenvalue weighted by Gasteiger charge is 2.21. The zero-order valence-electron chi connectivity index (χ0n) is 20.3. The van der Waals surface area contributed by atoms with Crippen molar-refractivity contribution in [3.8, 4) is 0 Å². The van der Waals surface area contributed by atoms with Gasteiger partial charge in [0.1, 0.15) is 11.2 Å². The van der Waals surface area contributed by atoms with Gasteiger partial charge in [-0.05, 0) is 77.4 Å². The molecule has 0 N–H and O–H groups in total. The normalized spacial score (nSPS) is 12.0. The summed E-state index contributed by atoms with van der Waals surface area (Å²) in [6.45, 7) is 11.6. The summed E-state index contributed by atoms with van der Waals surface area (Å²) in [6, 6.07) is 15.9. The van der Waals surface area contributed by atoms with E-state index in [9.17, 15) is 9.59 Å². The Labute approximate surface area is 199 Å². The van der Waals surface area contributed by atoms with E-state index in [1.807, 2.05) is 84.0 Å². The Morgan fingerprint density at radius 3 is 2.27 bits per heavy atom. The molecule has 176 valence electrons. The van der Waals surface area contributed by atoms with Gasteiger partial charge in [-0.2, -0.15) is 0 Å². The Balaban J connectivity index is 1.78. The molecular weight excluding hydrogens is 436 g/mol. The lowest BCUT2D eigenvalue weighted by atomic mass is 10.2. The third-order valence-electron chi connectivity index (χ3n) is 4.56. The molecule has 0 bridgehead atoms. The zero-order chi connectivity index (χ0) is 24.4. The van der Waals surface area contributed by atoms with Crippen molar-refractivity contribution in [2.45, 2.75) is 69.1 Å². The maximum Gasteiger partial charge on any atom is 0.418 e. The van der Waals surface area contributed by atoms with Crippen LogP contribution in [-0.4, -0.2) is 39.9 Å². The van der Waals surface area contributed by atoms with Crippen LogP contribution in [0.2, 0.25) is 0 Å². The maximum atomic E-state index is 12.5. The highest BCUT2D eigenvalue weighted by molar-refractivity contribution is 7.99. The summed E-state index contributed by atoms with van der Waals surface area (Å²) in [5, 5.41) is 0.953. The number of fused-ring (bicyclic) bond motifs is 1. The molecule has 1 aromatic heterocycles. The molecule has 0 radical (unpaired) electrons. The molecule has 0 spiro atoms. The van der Waals surface area contributed by atoms with Gasteiger partial charge in [0.2, 0.25) is 0 Å². The molecule has 0 aliphatic rings. The SMILES string of the molecule is CN(Cc1ccccc1Sc1ccc2c(ccn2C(=O)OC(C)(C)C)c1)C(=O)OC(C)(C)C. The van der Waals surface area contributed by atoms with Gasteiger partial charge in [0.05, 0.1) is 5.52 Å². The molecule has 0 unspecified atom stereocenters. The molecule has 33 heavy (non-hydrogen) atoms. The molecule has 0 aliphatic carbocycles. The Morgan fingerprint density at radius 2 is 1.61 bits per heavy atom. The van der Waals surface area contributed by atoms with E-state index in [4.69, 9.17) is 9.47 Å². The smallest absolute Gasteiger partial charge is 0.418 e. The molecule has 1 heterocycles. The number of rotatable bonds is 4. The molecule has 3 aromatic rings. The standard InChI is InChI=1S/C26H32N2O4S/c1-25(2,3)31-23(29)27(7)17-19-10-8-9-11-22(19)33-20-12-13-21-18(16-20)14-15-28(21)24(30)32-26(4,5)6/h8-16H,17H2,1-7H3. The van der Waals surface area contributed by atoms with Crippen LogP contribution in [0.4, 0.5) is 9.59 Å².